The van der Waals surface area contributed by atoms with Gasteiger partial charge in [-0.1, -0.05) is 6.07 Å². The van der Waals surface area contributed by atoms with E-state index in [2.05, 4.69) is 0 Å². The maximum atomic E-state index is 11.5. The van der Waals surface area contributed by atoms with Crippen molar-refractivity contribution >= 4 is 17.4 Å². The van der Waals surface area contributed by atoms with Crippen LogP contribution < -0.4 is 4.90 Å². The summed E-state index contributed by atoms with van der Waals surface area (Å²) in [4.78, 5) is 24.3. The van der Waals surface area contributed by atoms with E-state index in [-0.39, 0.29) is 18.2 Å². The molecule has 0 spiro atoms. The van der Waals surface area contributed by atoms with Crippen LogP contribution in [0.5, 0.6) is 0 Å². The number of fused-ring (bicyclic) bond motifs is 1. The fourth-order valence-corrected chi connectivity index (χ4v) is 1.70. The zero-order chi connectivity index (χ0) is 10.3. The van der Waals surface area contributed by atoms with Crippen LogP contribution in [0.1, 0.15) is 22.8 Å². The van der Waals surface area contributed by atoms with Gasteiger partial charge in [-0.05, 0) is 24.6 Å². The second kappa shape index (κ2) is 2.94. The maximum absolute atomic E-state index is 11.5. The highest BCUT2D eigenvalue weighted by Gasteiger charge is 2.28. The number of carbonyl (C=O) groups excluding carboxylic acids is 2. The number of aryl methyl sites for hydroxylation is 1. The van der Waals surface area contributed by atoms with Crippen molar-refractivity contribution in [3.63, 3.8) is 0 Å². The SMILES string of the molecule is CC(=O)N1CC(=O)c2ccc(C)cc21. The van der Waals surface area contributed by atoms with E-state index in [1.54, 1.807) is 6.07 Å². The molecule has 0 unspecified atom stereocenters. The quantitative estimate of drug-likeness (QED) is 0.620. The summed E-state index contributed by atoms with van der Waals surface area (Å²) in [5, 5.41) is 0. The Kier molecular flexibility index (Phi) is 1.88. The summed E-state index contributed by atoms with van der Waals surface area (Å²) >= 11 is 0. The van der Waals surface area contributed by atoms with Crippen LogP contribution in [0, 0.1) is 6.92 Å². The monoisotopic (exact) mass is 189 g/mol. The Balaban J connectivity index is 2.56. The molecule has 2 rings (SSSR count). The highest BCUT2D eigenvalue weighted by atomic mass is 16.2. The summed E-state index contributed by atoms with van der Waals surface area (Å²) in [5.41, 5.74) is 2.47. The lowest BCUT2D eigenvalue weighted by atomic mass is 10.1. The predicted octanol–water partition coefficient (Wildman–Crippen LogP) is 1.54. The second-order valence-electron chi connectivity index (χ2n) is 3.55. The van der Waals surface area contributed by atoms with Crippen LogP contribution in [0.4, 0.5) is 5.69 Å². The lowest BCUT2D eigenvalue weighted by Crippen LogP contribution is -2.27. The molecule has 3 nitrogen and oxygen atoms in total. The fourth-order valence-electron chi connectivity index (χ4n) is 1.70. The van der Waals surface area contributed by atoms with Gasteiger partial charge in [0.15, 0.2) is 5.78 Å². The fraction of sp³-hybridized carbons (Fsp3) is 0.273. The summed E-state index contributed by atoms with van der Waals surface area (Å²) in [6.07, 6.45) is 0. The van der Waals surface area contributed by atoms with Crippen LogP contribution in [0.25, 0.3) is 0 Å². The maximum Gasteiger partial charge on any atom is 0.224 e. The van der Waals surface area contributed by atoms with E-state index in [9.17, 15) is 9.59 Å². The Bertz CT molecular complexity index is 423. The molecular formula is C11H11NO2. The van der Waals surface area contributed by atoms with E-state index in [0.717, 1.165) is 11.3 Å². The molecule has 0 saturated carbocycles. The van der Waals surface area contributed by atoms with E-state index in [0.29, 0.717) is 5.56 Å². The number of rotatable bonds is 0. The number of ketones is 1. The molecule has 1 aromatic rings. The minimum atomic E-state index is -0.0808. The van der Waals surface area contributed by atoms with E-state index in [1.165, 1.54) is 11.8 Å². The van der Waals surface area contributed by atoms with Gasteiger partial charge in [0.1, 0.15) is 0 Å². The van der Waals surface area contributed by atoms with Crippen LogP contribution in [-0.2, 0) is 4.79 Å². The zero-order valence-corrected chi connectivity index (χ0v) is 8.20. The summed E-state index contributed by atoms with van der Waals surface area (Å²) < 4.78 is 0. The third-order valence-corrected chi connectivity index (χ3v) is 2.43. The van der Waals surface area contributed by atoms with Crippen LogP contribution in [0.2, 0.25) is 0 Å². The summed E-state index contributed by atoms with van der Waals surface area (Å²) in [7, 11) is 0. The van der Waals surface area contributed by atoms with Crippen molar-refractivity contribution in [2.75, 3.05) is 11.4 Å². The first kappa shape index (κ1) is 8.94. The van der Waals surface area contributed by atoms with Crippen molar-refractivity contribution in [1.82, 2.24) is 0 Å². The van der Waals surface area contributed by atoms with Crippen molar-refractivity contribution < 1.29 is 9.59 Å². The average molecular weight is 189 g/mol. The van der Waals surface area contributed by atoms with E-state index < -0.39 is 0 Å². The van der Waals surface area contributed by atoms with Crippen molar-refractivity contribution in [2.45, 2.75) is 13.8 Å². The van der Waals surface area contributed by atoms with Gasteiger partial charge in [0.05, 0.1) is 12.2 Å². The molecule has 1 aliphatic heterocycles. The highest BCUT2D eigenvalue weighted by Crippen LogP contribution is 2.28. The van der Waals surface area contributed by atoms with Crippen molar-refractivity contribution in [3.8, 4) is 0 Å². The second-order valence-corrected chi connectivity index (χ2v) is 3.55. The molecular weight excluding hydrogens is 178 g/mol. The van der Waals surface area contributed by atoms with Gasteiger partial charge in [0.25, 0.3) is 0 Å². The molecule has 14 heavy (non-hydrogen) atoms. The third-order valence-electron chi connectivity index (χ3n) is 2.43. The smallest absolute Gasteiger partial charge is 0.224 e. The summed E-state index contributed by atoms with van der Waals surface area (Å²) in [5.74, 6) is -0.0575. The minimum absolute atomic E-state index is 0.0233. The molecule has 0 bridgehead atoms. The molecule has 72 valence electrons. The molecule has 3 heteroatoms. The molecule has 0 radical (unpaired) electrons. The lowest BCUT2D eigenvalue weighted by Gasteiger charge is -2.13. The van der Waals surface area contributed by atoms with Crippen molar-refractivity contribution in [3.05, 3.63) is 29.3 Å². The molecule has 0 saturated heterocycles. The molecule has 1 amide bonds. The lowest BCUT2D eigenvalue weighted by molar-refractivity contribution is -0.116. The van der Waals surface area contributed by atoms with Gasteiger partial charge in [-0.3, -0.25) is 9.59 Å². The Morgan fingerprint density at radius 3 is 2.79 bits per heavy atom. The number of carbonyl (C=O) groups is 2. The van der Waals surface area contributed by atoms with Gasteiger partial charge >= 0.3 is 0 Å². The minimum Gasteiger partial charge on any atom is -0.304 e. The van der Waals surface area contributed by atoms with Gasteiger partial charge in [0, 0.05) is 12.5 Å². The number of amides is 1. The topological polar surface area (TPSA) is 37.4 Å². The molecule has 1 aromatic carbocycles. The molecule has 1 aliphatic rings. The normalized spacial score (nSPS) is 14.4. The van der Waals surface area contributed by atoms with Gasteiger partial charge in [-0.15, -0.1) is 0 Å². The number of benzene rings is 1. The number of anilines is 1. The highest BCUT2D eigenvalue weighted by molar-refractivity contribution is 6.15. The molecule has 0 aliphatic carbocycles. The molecule has 0 fully saturated rings. The Labute approximate surface area is 82.3 Å². The zero-order valence-electron chi connectivity index (χ0n) is 8.20. The molecule has 0 aromatic heterocycles. The van der Waals surface area contributed by atoms with Gasteiger partial charge in [0.2, 0.25) is 5.91 Å². The van der Waals surface area contributed by atoms with E-state index in [4.69, 9.17) is 0 Å². The number of Topliss-reactive ketones (excluding diaryl/α,β-unsaturated/α-hetero) is 1. The predicted molar refractivity (Wildman–Crippen MR) is 53.5 cm³/mol. The third kappa shape index (κ3) is 1.21. The number of hydrogen-bond acceptors (Lipinski definition) is 2. The van der Waals surface area contributed by atoms with Crippen LogP contribution in [0.3, 0.4) is 0 Å². The summed E-state index contributed by atoms with van der Waals surface area (Å²) in [6, 6.07) is 5.55. The van der Waals surface area contributed by atoms with Crippen LogP contribution >= 0.6 is 0 Å². The van der Waals surface area contributed by atoms with Gasteiger partial charge < -0.3 is 4.90 Å². The van der Waals surface area contributed by atoms with Crippen LogP contribution in [-0.4, -0.2) is 18.2 Å². The Morgan fingerprint density at radius 1 is 1.43 bits per heavy atom. The Hall–Kier alpha value is -1.64. The standard InChI is InChI=1S/C11H11NO2/c1-7-3-4-9-10(5-7)12(8(2)13)6-11(9)14/h3-5H,6H2,1-2H3. The van der Waals surface area contributed by atoms with Crippen LogP contribution in [0.15, 0.2) is 18.2 Å². The molecule has 1 heterocycles. The summed E-state index contributed by atoms with van der Waals surface area (Å²) in [6.45, 7) is 3.61. The van der Waals surface area contributed by atoms with E-state index >= 15 is 0 Å². The van der Waals surface area contributed by atoms with E-state index in [1.807, 2.05) is 19.1 Å². The van der Waals surface area contributed by atoms with Crippen molar-refractivity contribution in [1.29, 1.82) is 0 Å². The molecule has 0 atom stereocenters. The average Bonchev–Trinajstić information content (AvgIpc) is 2.43. The Morgan fingerprint density at radius 2 is 2.14 bits per heavy atom. The van der Waals surface area contributed by atoms with Gasteiger partial charge in [-0.25, -0.2) is 0 Å². The first-order valence-corrected chi connectivity index (χ1v) is 4.51. The number of nitrogens with zero attached hydrogens (tertiary/aromatic N) is 1. The largest absolute Gasteiger partial charge is 0.304 e. The van der Waals surface area contributed by atoms with Gasteiger partial charge in [-0.2, -0.15) is 0 Å². The molecule has 0 N–H and O–H groups in total. The number of hydrogen-bond donors (Lipinski definition) is 0. The first-order valence-electron chi connectivity index (χ1n) is 4.51. The van der Waals surface area contributed by atoms with Crippen molar-refractivity contribution in [2.24, 2.45) is 0 Å². The first-order chi connectivity index (χ1) is 6.59.